The number of imidazole rings is 1. The molecule has 0 amide bonds. The molecule has 1 aromatic carbocycles. The number of hydrogen-bond donors (Lipinski definition) is 0. The van der Waals surface area contributed by atoms with Gasteiger partial charge >= 0.3 is 0 Å². The third-order valence-corrected chi connectivity index (χ3v) is 7.93. The van der Waals surface area contributed by atoms with Gasteiger partial charge in [0, 0.05) is 31.7 Å². The van der Waals surface area contributed by atoms with Crippen molar-refractivity contribution in [3.63, 3.8) is 0 Å². The van der Waals surface area contributed by atoms with Crippen molar-refractivity contribution in [3.8, 4) is 0 Å². The highest BCUT2D eigenvalue weighted by Gasteiger charge is 2.36. The van der Waals surface area contributed by atoms with E-state index in [0.29, 0.717) is 18.0 Å². The minimum Gasteiger partial charge on any atom is -0.313 e. The molecule has 5 rings (SSSR count). The average molecular weight is 397 g/mol. The van der Waals surface area contributed by atoms with Gasteiger partial charge in [0.25, 0.3) is 0 Å². The number of fused-ring (bicyclic) bond motifs is 2. The van der Waals surface area contributed by atoms with Crippen LogP contribution in [0.25, 0.3) is 11.2 Å². The van der Waals surface area contributed by atoms with Gasteiger partial charge in [0.15, 0.2) is 5.65 Å². The number of rotatable bonds is 4. The topological polar surface area (TPSA) is 68.1 Å². The zero-order valence-corrected chi connectivity index (χ0v) is 16.8. The number of benzene rings is 1. The Kier molecular flexibility index (Phi) is 4.25. The number of nitrogens with zero attached hydrogens (tertiary/aromatic N) is 4. The maximum absolute atomic E-state index is 13.2. The van der Waals surface area contributed by atoms with E-state index in [2.05, 4.69) is 16.5 Å². The number of pyridine rings is 1. The summed E-state index contributed by atoms with van der Waals surface area (Å²) < 4.78 is 30.2. The molecule has 7 heteroatoms. The largest absolute Gasteiger partial charge is 0.313 e. The van der Waals surface area contributed by atoms with Gasteiger partial charge in [-0.1, -0.05) is 6.07 Å². The predicted octanol–water partition coefficient (Wildman–Crippen LogP) is 3.12. The van der Waals surface area contributed by atoms with Crippen molar-refractivity contribution in [1.82, 2.24) is 18.8 Å². The predicted molar refractivity (Wildman–Crippen MR) is 108 cm³/mol. The van der Waals surface area contributed by atoms with Gasteiger partial charge in [-0.3, -0.25) is 0 Å². The lowest BCUT2D eigenvalue weighted by atomic mass is 10.1. The summed E-state index contributed by atoms with van der Waals surface area (Å²) in [5.41, 5.74) is 4.23. The van der Waals surface area contributed by atoms with Crippen molar-refractivity contribution in [2.75, 3.05) is 13.1 Å². The molecule has 6 nitrogen and oxygen atoms in total. The van der Waals surface area contributed by atoms with Gasteiger partial charge < -0.3 is 4.57 Å². The van der Waals surface area contributed by atoms with Crippen molar-refractivity contribution in [3.05, 3.63) is 53.5 Å². The number of sulfonamides is 1. The SMILES string of the molecule is CCn1c([C@@H]2CCN(S(=O)(=O)c3ccc4c(c3)CCC4)C2)nc2cccnc21. The summed E-state index contributed by atoms with van der Waals surface area (Å²) in [6.45, 7) is 3.86. The van der Waals surface area contributed by atoms with Crippen molar-refractivity contribution in [2.45, 2.75) is 50.0 Å². The molecule has 1 aliphatic carbocycles. The van der Waals surface area contributed by atoms with Gasteiger partial charge in [-0.05, 0) is 68.0 Å². The second-order valence-electron chi connectivity index (χ2n) is 7.69. The summed E-state index contributed by atoms with van der Waals surface area (Å²) in [5.74, 6) is 1.04. The van der Waals surface area contributed by atoms with Crippen LogP contribution in [0.1, 0.15) is 42.6 Å². The van der Waals surface area contributed by atoms with Gasteiger partial charge in [0.05, 0.1) is 4.90 Å². The zero-order valence-electron chi connectivity index (χ0n) is 16.0. The van der Waals surface area contributed by atoms with E-state index in [9.17, 15) is 8.42 Å². The second kappa shape index (κ2) is 6.67. The Morgan fingerprint density at radius 2 is 2.04 bits per heavy atom. The van der Waals surface area contributed by atoms with E-state index in [1.54, 1.807) is 16.6 Å². The normalized spacial score (nSPS) is 20.1. The van der Waals surface area contributed by atoms with Crippen LogP contribution >= 0.6 is 0 Å². The maximum Gasteiger partial charge on any atom is 0.243 e. The number of hydrogen-bond acceptors (Lipinski definition) is 4. The van der Waals surface area contributed by atoms with E-state index in [0.717, 1.165) is 49.2 Å². The fourth-order valence-corrected chi connectivity index (χ4v) is 6.17. The standard InChI is InChI=1S/C21H24N4O2S/c1-2-25-20(23-19-7-4-11-22-21(19)25)17-10-12-24(14-17)28(26,27)18-9-8-15-5-3-6-16(15)13-18/h4,7-9,11,13,17H,2-3,5-6,10,12,14H2,1H3/t17-/m1/s1. The lowest BCUT2D eigenvalue weighted by molar-refractivity contribution is 0.469. The zero-order chi connectivity index (χ0) is 19.3. The molecular weight excluding hydrogens is 372 g/mol. The highest BCUT2D eigenvalue weighted by molar-refractivity contribution is 7.89. The summed E-state index contributed by atoms with van der Waals surface area (Å²) in [6.07, 6.45) is 5.72. The highest BCUT2D eigenvalue weighted by atomic mass is 32.2. The summed E-state index contributed by atoms with van der Waals surface area (Å²) in [4.78, 5) is 9.67. The summed E-state index contributed by atoms with van der Waals surface area (Å²) in [7, 11) is -3.47. The first kappa shape index (κ1) is 17.8. The Morgan fingerprint density at radius 1 is 1.18 bits per heavy atom. The summed E-state index contributed by atoms with van der Waals surface area (Å²) >= 11 is 0. The molecule has 1 saturated heterocycles. The van der Waals surface area contributed by atoms with Crippen molar-refractivity contribution < 1.29 is 8.42 Å². The molecule has 0 saturated carbocycles. The first-order valence-electron chi connectivity index (χ1n) is 10.0. The van der Waals surface area contributed by atoms with Crippen molar-refractivity contribution >= 4 is 21.2 Å². The maximum atomic E-state index is 13.2. The number of aromatic nitrogens is 3. The molecule has 0 bridgehead atoms. The monoisotopic (exact) mass is 396 g/mol. The van der Waals surface area contributed by atoms with Crippen LogP contribution in [0.15, 0.2) is 41.4 Å². The lowest BCUT2D eigenvalue weighted by Gasteiger charge is -2.17. The molecule has 2 aliphatic rings. The van der Waals surface area contributed by atoms with Gasteiger partial charge in [-0.25, -0.2) is 18.4 Å². The summed E-state index contributed by atoms with van der Waals surface area (Å²) in [6, 6.07) is 9.50. The van der Waals surface area contributed by atoms with Gasteiger partial charge in [-0.2, -0.15) is 4.31 Å². The third kappa shape index (κ3) is 2.76. The minimum atomic E-state index is -3.47. The molecule has 3 heterocycles. The van der Waals surface area contributed by atoms with E-state index >= 15 is 0 Å². The first-order chi connectivity index (χ1) is 13.6. The van der Waals surface area contributed by atoms with Crippen LogP contribution < -0.4 is 0 Å². The Labute approximate surface area is 165 Å². The first-order valence-corrected chi connectivity index (χ1v) is 11.4. The van der Waals surface area contributed by atoms with E-state index < -0.39 is 10.0 Å². The molecule has 0 unspecified atom stereocenters. The Bertz CT molecular complexity index is 1150. The van der Waals surface area contributed by atoms with E-state index in [-0.39, 0.29) is 5.92 Å². The van der Waals surface area contributed by atoms with Crippen molar-refractivity contribution in [1.29, 1.82) is 0 Å². The molecule has 146 valence electrons. The van der Waals surface area contributed by atoms with Crippen LogP contribution in [0.2, 0.25) is 0 Å². The molecule has 1 aliphatic heterocycles. The molecule has 0 spiro atoms. The molecule has 3 aromatic rings. The molecule has 0 N–H and O–H groups in total. The minimum absolute atomic E-state index is 0.0957. The fourth-order valence-electron chi connectivity index (χ4n) is 4.61. The van der Waals surface area contributed by atoms with Crippen molar-refractivity contribution in [2.24, 2.45) is 0 Å². The quantitative estimate of drug-likeness (QED) is 0.680. The Morgan fingerprint density at radius 3 is 2.89 bits per heavy atom. The summed E-state index contributed by atoms with van der Waals surface area (Å²) in [5, 5.41) is 0. The fraction of sp³-hybridized carbons (Fsp3) is 0.429. The smallest absolute Gasteiger partial charge is 0.243 e. The average Bonchev–Trinajstić information content (AvgIpc) is 3.44. The Hall–Kier alpha value is -2.25. The van der Waals surface area contributed by atoms with Crippen LogP contribution in [0.5, 0.6) is 0 Å². The van der Waals surface area contributed by atoms with Gasteiger partial charge in [0.1, 0.15) is 11.3 Å². The molecule has 0 radical (unpaired) electrons. The van der Waals surface area contributed by atoms with E-state index in [1.165, 1.54) is 11.1 Å². The molecule has 1 atom stereocenters. The Balaban J connectivity index is 1.44. The van der Waals surface area contributed by atoms with Gasteiger partial charge in [0.2, 0.25) is 10.0 Å². The van der Waals surface area contributed by atoms with Crippen LogP contribution in [0, 0.1) is 0 Å². The second-order valence-corrected chi connectivity index (χ2v) is 9.63. The van der Waals surface area contributed by atoms with Gasteiger partial charge in [-0.15, -0.1) is 0 Å². The van der Waals surface area contributed by atoms with Crippen LogP contribution in [0.4, 0.5) is 0 Å². The highest BCUT2D eigenvalue weighted by Crippen LogP contribution is 2.33. The molecular formula is C21H24N4O2S. The lowest BCUT2D eigenvalue weighted by Crippen LogP contribution is -2.29. The van der Waals surface area contributed by atoms with E-state index in [1.807, 2.05) is 24.3 Å². The van der Waals surface area contributed by atoms with Crippen LogP contribution in [-0.4, -0.2) is 40.3 Å². The van der Waals surface area contributed by atoms with E-state index in [4.69, 9.17) is 4.98 Å². The molecule has 1 fully saturated rings. The van der Waals surface area contributed by atoms with Crippen LogP contribution in [-0.2, 0) is 29.4 Å². The molecule has 2 aromatic heterocycles. The molecule has 28 heavy (non-hydrogen) atoms. The number of aryl methyl sites for hydroxylation is 3. The third-order valence-electron chi connectivity index (χ3n) is 6.07. The van der Waals surface area contributed by atoms with Crippen LogP contribution in [0.3, 0.4) is 0 Å².